The van der Waals surface area contributed by atoms with Gasteiger partial charge in [-0.05, 0) is 74.9 Å². The number of methoxy groups -OCH3 is 5. The van der Waals surface area contributed by atoms with Gasteiger partial charge in [-0.1, -0.05) is 133 Å². The zero-order valence-electron chi connectivity index (χ0n) is 59.8. The average Bonchev–Trinajstić information content (AvgIpc) is 1.97. The van der Waals surface area contributed by atoms with E-state index >= 15 is 0 Å². The number of amides is 1. The number of hydroxylamine groups is 2. The lowest BCUT2D eigenvalue weighted by Crippen LogP contribution is -2.36. The number of terminal acetylenes is 1. The number of nitrogens with zero attached hydrogens (tertiary/aromatic N) is 10. The Bertz CT molecular complexity index is 2320. The summed E-state index contributed by atoms with van der Waals surface area (Å²) in [5.74, 6) is -3.54. The largest absolute Gasteiger partial charge is 0.481 e. The van der Waals surface area contributed by atoms with Crippen LogP contribution in [0.1, 0.15) is 179 Å². The third kappa shape index (κ3) is 48.1. The molecule has 0 bridgehead atoms. The number of carbonyl (C=O) groups is 9. The topological polar surface area (TPSA) is 401 Å². The number of halogens is 1. The van der Waals surface area contributed by atoms with Gasteiger partial charge in [-0.3, -0.25) is 43.2 Å². The second-order valence-electron chi connectivity index (χ2n) is 20.3. The lowest BCUT2D eigenvalue weighted by molar-refractivity contribution is -0.176. The third-order valence-electron chi connectivity index (χ3n) is 12.1. The maximum atomic E-state index is 11.5. The first-order valence-corrected chi connectivity index (χ1v) is 29.8. The molecule has 0 aromatic carbocycles. The van der Waals surface area contributed by atoms with Gasteiger partial charge in [0.15, 0.2) is 0 Å². The van der Waals surface area contributed by atoms with E-state index in [1.54, 1.807) is 39.3 Å². The standard InChI is InChI=1S/C11H21N3.C9H14IN3O2.C9H17NO4.C8H12O2.C7H12O4.C7H12O3.C3H8.C2H7N.C2H4O2.CH3N3.CH5N/c1-7(2)10-11(8(3)4)14(9(5)6)13-12-10;1-5(6(2)9(14)15-4)7-8(10)13(3)12-11-7;1-6(7(2)9(12)13-4)8(11)10(3)14-5;1-5-6(2)7(3)8(9)10-4;1-4(6(8)9)5(2)7(10)11-3;1-5(4-8)6(2)7(9)10-3;2*1-3-2;1-2(3)4;1-3-4-2;1-2/h7-9H,1-6H3;5-6H,1-4H3;6-7H,1-5H3;1,6-7H,2-4H3;4-5H,1-3H3,(H,8,9);4-6H,1-3H3;3H2,1-2H3;3H,1-2H3;1H3,(H,3,4);1H3;2H2,1H3. The van der Waals surface area contributed by atoms with Crippen LogP contribution in [0.25, 0.3) is 10.4 Å². The van der Waals surface area contributed by atoms with E-state index in [1.165, 1.54) is 89.8 Å². The highest BCUT2D eigenvalue weighted by molar-refractivity contribution is 14.1. The quantitative estimate of drug-likeness (QED) is 0.0124. The molecule has 2 aromatic heterocycles. The van der Waals surface area contributed by atoms with Crippen molar-refractivity contribution in [1.82, 2.24) is 40.4 Å². The van der Waals surface area contributed by atoms with Crippen molar-refractivity contribution in [3.8, 4) is 12.3 Å². The molecule has 1 amide bonds. The number of hydrogen-bond donors (Lipinski definition) is 4. The molecular formula is C60H115IN12O17. The maximum Gasteiger partial charge on any atom is 0.309 e. The van der Waals surface area contributed by atoms with Crippen molar-refractivity contribution in [2.45, 2.75) is 162 Å². The van der Waals surface area contributed by atoms with Crippen molar-refractivity contribution in [1.29, 1.82) is 0 Å². The SMILES string of the molecule is C#CC(C)C(C)C(=O)OC.CC(=O)O.CC(C)c1nnn(C(C)C)c1C(C)C.CCC.CN.CN=[N+]=[N-].CNC.COC(=O)C(C)C(C)C(=O)N(C)OC.COC(=O)C(C)C(C)C(=O)O.COC(=O)C(C)C(C)C=O.COC(=O)C(C)C(C)c1nnn(C)c1I. The summed E-state index contributed by atoms with van der Waals surface area (Å²) in [5, 5.41) is 39.1. The molecule has 10 atom stereocenters. The molecule has 0 radical (unpaired) electrons. The Kier molecular flexibility index (Phi) is 70.8. The van der Waals surface area contributed by atoms with E-state index in [0.717, 1.165) is 33.4 Å². The number of carboxylic acid groups (broad SMARTS) is 2. The molecule has 0 fully saturated rings. The number of nitrogens with one attached hydrogen (secondary N) is 1. The lowest BCUT2D eigenvalue weighted by atomic mass is 9.93. The fourth-order valence-corrected chi connectivity index (χ4v) is 6.27. The van der Waals surface area contributed by atoms with Gasteiger partial charge >= 0.3 is 35.8 Å². The molecule has 29 nitrogen and oxygen atoms in total. The predicted octanol–water partition coefficient (Wildman–Crippen LogP) is 8.95. The van der Waals surface area contributed by atoms with Gasteiger partial charge < -0.3 is 49.7 Å². The number of rotatable bonds is 18. The van der Waals surface area contributed by atoms with Crippen LogP contribution in [0.5, 0.6) is 0 Å². The molecule has 5 N–H and O–H groups in total. The highest BCUT2D eigenvalue weighted by Gasteiger charge is 2.30. The second kappa shape index (κ2) is 62.4. The van der Waals surface area contributed by atoms with E-state index in [-0.39, 0.29) is 59.3 Å². The molecule has 524 valence electrons. The Hall–Kier alpha value is -6.81. The van der Waals surface area contributed by atoms with Crippen LogP contribution in [0.4, 0.5) is 0 Å². The van der Waals surface area contributed by atoms with Crippen molar-refractivity contribution in [2.24, 2.45) is 71.2 Å². The first-order chi connectivity index (χ1) is 41.6. The summed E-state index contributed by atoms with van der Waals surface area (Å²) in [6.07, 6.45) is 7.11. The Balaban J connectivity index is -0.000000120. The number of esters is 5. The van der Waals surface area contributed by atoms with E-state index in [4.69, 9.17) is 36.5 Å². The van der Waals surface area contributed by atoms with Crippen molar-refractivity contribution in [3.05, 3.63) is 31.2 Å². The van der Waals surface area contributed by atoms with Crippen LogP contribution in [0.3, 0.4) is 0 Å². The number of carbonyl (C=O) groups excluding carboxylic acids is 7. The molecule has 2 rings (SSSR count). The first kappa shape index (κ1) is 102. The molecule has 10 unspecified atom stereocenters. The Morgan fingerprint density at radius 2 is 1.01 bits per heavy atom. The molecule has 0 spiro atoms. The molecular weight excluding hydrogens is 1290 g/mol. The van der Waals surface area contributed by atoms with E-state index in [9.17, 15) is 38.4 Å². The van der Waals surface area contributed by atoms with Gasteiger partial charge in [0.2, 0.25) is 5.91 Å². The van der Waals surface area contributed by atoms with E-state index in [2.05, 4.69) is 145 Å². The second-order valence-corrected chi connectivity index (χ2v) is 21.4. The molecule has 2 heterocycles. The number of aliphatic carboxylic acids is 2. The highest BCUT2D eigenvalue weighted by atomic mass is 127. The van der Waals surface area contributed by atoms with Crippen molar-refractivity contribution in [2.75, 3.05) is 77.9 Å². The molecule has 0 aliphatic carbocycles. The van der Waals surface area contributed by atoms with Gasteiger partial charge in [0.25, 0.3) is 5.97 Å². The third-order valence-corrected chi connectivity index (χ3v) is 13.4. The minimum Gasteiger partial charge on any atom is -0.481 e. The maximum absolute atomic E-state index is 11.5. The molecule has 30 heteroatoms. The summed E-state index contributed by atoms with van der Waals surface area (Å²) in [6.45, 7) is 35.4. The number of carboxylic acids is 2. The molecule has 0 aliphatic heterocycles. The van der Waals surface area contributed by atoms with Crippen LogP contribution in [0, 0.1) is 69.3 Å². The molecule has 2 aromatic rings. The first-order valence-electron chi connectivity index (χ1n) is 28.8. The van der Waals surface area contributed by atoms with E-state index in [1.807, 2.05) is 46.6 Å². The van der Waals surface area contributed by atoms with Crippen LogP contribution >= 0.6 is 22.6 Å². The number of hydrogen-bond acceptors (Lipinski definition) is 22. The smallest absolute Gasteiger partial charge is 0.309 e. The number of aryl methyl sites for hydroxylation is 1. The monoisotopic (exact) mass is 1400 g/mol. The Morgan fingerprint density at radius 1 is 0.678 bits per heavy atom. The number of aromatic nitrogens is 6. The molecule has 0 saturated heterocycles. The van der Waals surface area contributed by atoms with Crippen LogP contribution in [-0.4, -0.2) is 177 Å². The Labute approximate surface area is 550 Å². The number of ether oxygens (including phenoxy) is 5. The lowest BCUT2D eigenvalue weighted by Gasteiger charge is -2.21. The van der Waals surface area contributed by atoms with Crippen LogP contribution < -0.4 is 11.1 Å². The van der Waals surface area contributed by atoms with E-state index in [0.29, 0.717) is 17.9 Å². The fourth-order valence-electron chi connectivity index (χ4n) is 5.57. The van der Waals surface area contributed by atoms with E-state index < -0.39 is 47.5 Å². The summed E-state index contributed by atoms with van der Waals surface area (Å²) < 4.78 is 27.3. The molecule has 0 aliphatic rings. The van der Waals surface area contributed by atoms with Crippen LogP contribution in [-0.2, 0) is 78.7 Å². The van der Waals surface area contributed by atoms with Gasteiger partial charge in [-0.2, -0.15) is 0 Å². The highest BCUT2D eigenvalue weighted by Crippen LogP contribution is 2.27. The summed E-state index contributed by atoms with van der Waals surface area (Å²) in [5.41, 5.74) is 15.1. The molecule has 0 saturated carbocycles. The summed E-state index contributed by atoms with van der Waals surface area (Å²) in [6, 6.07) is 0.396. The summed E-state index contributed by atoms with van der Waals surface area (Å²) in [7, 11) is 18.0. The van der Waals surface area contributed by atoms with Gasteiger partial charge in [0.1, 0.15) is 9.99 Å². The van der Waals surface area contributed by atoms with Crippen molar-refractivity contribution < 1.29 is 81.9 Å². The average molecular weight is 1400 g/mol. The van der Waals surface area contributed by atoms with Gasteiger partial charge in [0, 0.05) is 56.8 Å². The van der Waals surface area contributed by atoms with Gasteiger partial charge in [0.05, 0.1) is 101 Å². The van der Waals surface area contributed by atoms with Gasteiger partial charge in [-0.25, -0.2) is 14.4 Å². The minimum atomic E-state index is -0.983. The Morgan fingerprint density at radius 3 is 1.28 bits per heavy atom. The van der Waals surface area contributed by atoms with Crippen LogP contribution in [0.2, 0.25) is 0 Å². The zero-order valence-corrected chi connectivity index (χ0v) is 62.0. The van der Waals surface area contributed by atoms with Crippen LogP contribution in [0.15, 0.2) is 5.11 Å². The zero-order chi connectivity index (χ0) is 73.5. The fraction of sp³-hybridized carbons (Fsp3) is 0.750. The number of azide groups is 1. The molecule has 90 heavy (non-hydrogen) atoms. The predicted molar refractivity (Wildman–Crippen MR) is 355 cm³/mol. The van der Waals surface area contributed by atoms with Crippen molar-refractivity contribution in [3.63, 3.8) is 0 Å². The normalized spacial score (nSPS) is 12.7. The van der Waals surface area contributed by atoms with Crippen molar-refractivity contribution >= 4 is 76.6 Å². The van der Waals surface area contributed by atoms with Gasteiger partial charge in [-0.15, -0.1) is 22.5 Å². The minimum absolute atomic E-state index is 0.0121. The summed E-state index contributed by atoms with van der Waals surface area (Å²) >= 11 is 2.17. The number of aldehydes is 1. The summed E-state index contributed by atoms with van der Waals surface area (Å²) in [4.78, 5) is 103. The number of nitrogens with two attached hydrogens (primary N) is 1.